The summed E-state index contributed by atoms with van der Waals surface area (Å²) in [6.45, 7) is 0. The number of rotatable bonds is 5. The fourth-order valence-corrected chi connectivity index (χ4v) is 1.46. The molecule has 0 atom stereocenters. The number of methoxy groups -OCH3 is 1. The maximum atomic E-state index is 13.3. The van der Waals surface area contributed by atoms with Crippen LogP contribution >= 0.6 is 0 Å². The van der Waals surface area contributed by atoms with Crippen LogP contribution in [0.2, 0.25) is 0 Å². The standard InChI is InChI=1S/C11H11F3O3/c1-17-11-6(3-2-4-8(15)16)5-7(12)9(13)10(11)14/h5H,2-4H2,1H3,(H,15,16). The number of aliphatic carboxylic acids is 1. The van der Waals surface area contributed by atoms with Gasteiger partial charge in [-0.05, 0) is 18.9 Å². The SMILES string of the molecule is COc1c(CCCC(=O)O)cc(F)c(F)c1F. The molecule has 0 saturated carbocycles. The molecule has 0 aliphatic carbocycles. The molecule has 0 saturated heterocycles. The number of hydrogen-bond donors (Lipinski definition) is 1. The molecule has 0 aliphatic heterocycles. The van der Waals surface area contributed by atoms with Crippen LogP contribution in [0.25, 0.3) is 0 Å². The van der Waals surface area contributed by atoms with E-state index in [1.165, 1.54) is 0 Å². The lowest BCUT2D eigenvalue weighted by molar-refractivity contribution is -0.137. The number of carbonyl (C=O) groups is 1. The third-order valence-electron chi connectivity index (χ3n) is 2.24. The molecule has 1 aromatic carbocycles. The van der Waals surface area contributed by atoms with E-state index in [2.05, 4.69) is 4.74 Å². The molecule has 0 fully saturated rings. The van der Waals surface area contributed by atoms with Crippen molar-refractivity contribution in [1.82, 2.24) is 0 Å². The number of aryl methyl sites for hydroxylation is 1. The van der Waals surface area contributed by atoms with E-state index < -0.39 is 23.4 Å². The lowest BCUT2D eigenvalue weighted by atomic mass is 10.1. The summed E-state index contributed by atoms with van der Waals surface area (Å²) in [6, 6.07) is 0.819. The van der Waals surface area contributed by atoms with E-state index in [1.54, 1.807) is 0 Å². The van der Waals surface area contributed by atoms with E-state index in [0.29, 0.717) is 0 Å². The van der Waals surface area contributed by atoms with Crippen molar-refractivity contribution in [3.63, 3.8) is 0 Å². The van der Waals surface area contributed by atoms with Crippen molar-refractivity contribution >= 4 is 5.97 Å². The van der Waals surface area contributed by atoms with Crippen LogP contribution in [0, 0.1) is 17.5 Å². The maximum Gasteiger partial charge on any atom is 0.303 e. The minimum Gasteiger partial charge on any atom is -0.493 e. The highest BCUT2D eigenvalue weighted by Crippen LogP contribution is 2.28. The van der Waals surface area contributed by atoms with E-state index in [0.717, 1.165) is 13.2 Å². The number of halogens is 3. The average molecular weight is 248 g/mol. The molecule has 17 heavy (non-hydrogen) atoms. The lowest BCUT2D eigenvalue weighted by Crippen LogP contribution is -2.03. The molecule has 1 rings (SSSR count). The van der Waals surface area contributed by atoms with Crippen molar-refractivity contribution in [3.8, 4) is 5.75 Å². The quantitative estimate of drug-likeness (QED) is 0.814. The molecule has 1 aromatic rings. The molecule has 1 N–H and O–H groups in total. The zero-order valence-corrected chi connectivity index (χ0v) is 9.10. The summed E-state index contributed by atoms with van der Waals surface area (Å²) in [5.41, 5.74) is 0.116. The van der Waals surface area contributed by atoms with Crippen molar-refractivity contribution in [2.75, 3.05) is 7.11 Å². The fourth-order valence-electron chi connectivity index (χ4n) is 1.46. The predicted molar refractivity (Wildman–Crippen MR) is 53.4 cm³/mol. The highest BCUT2D eigenvalue weighted by Gasteiger charge is 2.19. The van der Waals surface area contributed by atoms with Gasteiger partial charge < -0.3 is 9.84 Å². The zero-order valence-electron chi connectivity index (χ0n) is 9.10. The monoisotopic (exact) mass is 248 g/mol. The molecule has 0 spiro atoms. The molecular weight excluding hydrogens is 237 g/mol. The van der Waals surface area contributed by atoms with Crippen LogP contribution in [0.3, 0.4) is 0 Å². The second kappa shape index (κ2) is 5.56. The number of carboxylic acid groups (broad SMARTS) is 1. The van der Waals surface area contributed by atoms with Crippen molar-refractivity contribution in [3.05, 3.63) is 29.1 Å². The predicted octanol–water partition coefficient (Wildman–Crippen LogP) is 2.52. The number of ether oxygens (including phenoxy) is 1. The third kappa shape index (κ3) is 3.12. The van der Waals surface area contributed by atoms with Crippen molar-refractivity contribution < 1.29 is 27.8 Å². The molecule has 0 unspecified atom stereocenters. The largest absolute Gasteiger partial charge is 0.493 e. The van der Waals surface area contributed by atoms with E-state index >= 15 is 0 Å². The summed E-state index contributed by atoms with van der Waals surface area (Å²) in [6.07, 6.45) is 0.156. The molecule has 0 aliphatic rings. The molecule has 0 radical (unpaired) electrons. The number of hydrogen-bond acceptors (Lipinski definition) is 2. The highest BCUT2D eigenvalue weighted by atomic mass is 19.2. The Morgan fingerprint density at radius 3 is 2.53 bits per heavy atom. The molecule has 0 bridgehead atoms. The third-order valence-corrected chi connectivity index (χ3v) is 2.24. The minimum atomic E-state index is -1.59. The van der Waals surface area contributed by atoms with Gasteiger partial charge in [-0.3, -0.25) is 4.79 Å². The summed E-state index contributed by atoms with van der Waals surface area (Å²) < 4.78 is 43.7. The molecule has 0 amide bonds. The number of carboxylic acids is 1. The van der Waals surface area contributed by atoms with Crippen LogP contribution in [0.5, 0.6) is 5.75 Å². The van der Waals surface area contributed by atoms with Gasteiger partial charge in [-0.2, -0.15) is 4.39 Å². The molecule has 6 heteroatoms. The summed E-state index contributed by atoms with van der Waals surface area (Å²) in [5.74, 6) is -5.68. The fraction of sp³-hybridized carbons (Fsp3) is 0.364. The summed E-state index contributed by atoms with van der Waals surface area (Å²) in [7, 11) is 1.14. The van der Waals surface area contributed by atoms with Gasteiger partial charge in [0.05, 0.1) is 7.11 Å². The first-order valence-corrected chi connectivity index (χ1v) is 4.89. The van der Waals surface area contributed by atoms with Crippen molar-refractivity contribution in [1.29, 1.82) is 0 Å². The van der Waals surface area contributed by atoms with Gasteiger partial charge in [0, 0.05) is 12.0 Å². The zero-order chi connectivity index (χ0) is 13.0. The van der Waals surface area contributed by atoms with Crippen LogP contribution < -0.4 is 4.74 Å². The molecular formula is C11H11F3O3. The van der Waals surface area contributed by atoms with E-state index in [-0.39, 0.29) is 30.6 Å². The molecule has 0 aromatic heterocycles. The molecule has 94 valence electrons. The van der Waals surface area contributed by atoms with Crippen LogP contribution in [0.4, 0.5) is 13.2 Å². The Bertz CT molecular complexity index is 432. The average Bonchev–Trinajstić information content (AvgIpc) is 2.26. The Morgan fingerprint density at radius 1 is 1.35 bits per heavy atom. The Balaban J connectivity index is 2.94. The summed E-state index contributed by atoms with van der Waals surface area (Å²) in [5, 5.41) is 8.43. The van der Waals surface area contributed by atoms with Gasteiger partial charge in [-0.15, -0.1) is 0 Å². The first-order chi connectivity index (χ1) is 7.97. The van der Waals surface area contributed by atoms with E-state index in [1.807, 2.05) is 0 Å². The van der Waals surface area contributed by atoms with Gasteiger partial charge in [0.15, 0.2) is 17.4 Å². The van der Waals surface area contributed by atoms with Gasteiger partial charge in [0.2, 0.25) is 5.82 Å². The first-order valence-electron chi connectivity index (χ1n) is 4.89. The van der Waals surface area contributed by atoms with Gasteiger partial charge >= 0.3 is 5.97 Å². The second-order valence-electron chi connectivity index (χ2n) is 3.43. The second-order valence-corrected chi connectivity index (χ2v) is 3.43. The topological polar surface area (TPSA) is 46.5 Å². The van der Waals surface area contributed by atoms with Gasteiger partial charge in [0.1, 0.15) is 0 Å². The van der Waals surface area contributed by atoms with Crippen LogP contribution in [0.1, 0.15) is 18.4 Å². The van der Waals surface area contributed by atoms with Crippen LogP contribution in [-0.2, 0) is 11.2 Å². The van der Waals surface area contributed by atoms with E-state index in [4.69, 9.17) is 5.11 Å². The first kappa shape index (κ1) is 13.3. The van der Waals surface area contributed by atoms with Crippen molar-refractivity contribution in [2.24, 2.45) is 0 Å². The van der Waals surface area contributed by atoms with Gasteiger partial charge in [0.25, 0.3) is 0 Å². The smallest absolute Gasteiger partial charge is 0.303 e. The molecule has 0 heterocycles. The maximum absolute atomic E-state index is 13.3. The Hall–Kier alpha value is -1.72. The van der Waals surface area contributed by atoms with Gasteiger partial charge in [-0.1, -0.05) is 0 Å². The minimum absolute atomic E-state index is 0.101. The Morgan fingerprint density at radius 2 is 2.00 bits per heavy atom. The van der Waals surface area contributed by atoms with E-state index in [9.17, 15) is 18.0 Å². The van der Waals surface area contributed by atoms with Gasteiger partial charge in [-0.25, -0.2) is 8.78 Å². The van der Waals surface area contributed by atoms with Crippen LogP contribution in [-0.4, -0.2) is 18.2 Å². The summed E-state index contributed by atoms with van der Waals surface area (Å²) >= 11 is 0. The normalized spacial score (nSPS) is 10.4. The van der Waals surface area contributed by atoms with Crippen molar-refractivity contribution in [2.45, 2.75) is 19.3 Å². The molecule has 3 nitrogen and oxygen atoms in total. The Kier molecular flexibility index (Phi) is 4.37. The number of benzene rings is 1. The highest BCUT2D eigenvalue weighted by molar-refractivity contribution is 5.66. The van der Waals surface area contributed by atoms with Crippen LogP contribution in [0.15, 0.2) is 6.07 Å². The Labute approximate surface area is 95.8 Å². The lowest BCUT2D eigenvalue weighted by Gasteiger charge is -2.10. The summed E-state index contributed by atoms with van der Waals surface area (Å²) in [4.78, 5) is 10.3.